The lowest BCUT2D eigenvalue weighted by Crippen LogP contribution is -2.33. The molecule has 4 aromatic carbocycles. The molecular formula is C36H28Br2N4O6S2. The molecule has 0 aromatic heterocycles. The van der Waals surface area contributed by atoms with Crippen molar-refractivity contribution in [2.24, 2.45) is 9.98 Å². The summed E-state index contributed by atoms with van der Waals surface area (Å²) in [6.07, 6.45) is 0. The van der Waals surface area contributed by atoms with E-state index < -0.39 is 0 Å². The van der Waals surface area contributed by atoms with E-state index in [9.17, 15) is 19.2 Å². The predicted octanol–water partition coefficient (Wildman–Crippen LogP) is 8.51. The van der Waals surface area contributed by atoms with Gasteiger partial charge in [0.1, 0.15) is 13.2 Å². The number of carbonyl (C=O) groups is 4. The lowest BCUT2D eigenvalue weighted by Gasteiger charge is -2.16. The summed E-state index contributed by atoms with van der Waals surface area (Å²) in [7, 11) is 2.28. The molecule has 0 saturated heterocycles. The average Bonchev–Trinajstić information content (AvgIpc) is 3.49. The highest BCUT2D eigenvalue weighted by Crippen LogP contribution is 2.33. The van der Waals surface area contributed by atoms with Crippen LogP contribution in [-0.4, -0.2) is 70.2 Å². The third kappa shape index (κ3) is 7.88. The van der Waals surface area contributed by atoms with Crippen molar-refractivity contribution in [3.8, 4) is 0 Å². The quantitative estimate of drug-likeness (QED) is 0.0751. The van der Waals surface area contributed by atoms with Crippen LogP contribution in [0.1, 0.15) is 52.6 Å². The van der Waals surface area contributed by atoms with Gasteiger partial charge in [-0.15, -0.1) is 0 Å². The molecule has 0 unspecified atom stereocenters. The van der Waals surface area contributed by atoms with E-state index >= 15 is 0 Å². The van der Waals surface area contributed by atoms with Gasteiger partial charge in [-0.2, -0.15) is 0 Å². The molecule has 2 aliphatic rings. The molecule has 10 nitrogen and oxygen atoms in total. The first kappa shape index (κ1) is 35.6. The fraction of sp³-hybridized carbons (Fsp3) is 0.167. The summed E-state index contributed by atoms with van der Waals surface area (Å²) in [6, 6.07) is 24.7. The fourth-order valence-corrected chi connectivity index (χ4v) is 7.81. The van der Waals surface area contributed by atoms with Crippen molar-refractivity contribution in [2.75, 3.05) is 26.3 Å². The second-order valence-corrected chi connectivity index (χ2v) is 15.0. The highest BCUT2D eigenvalue weighted by atomic mass is 79.9. The Labute approximate surface area is 313 Å². The second-order valence-electron chi connectivity index (χ2n) is 11.1. The lowest BCUT2D eigenvalue weighted by molar-refractivity contribution is 0.0615. The van der Waals surface area contributed by atoms with Crippen LogP contribution < -0.4 is 0 Å². The molecule has 0 aliphatic carbocycles. The number of carbonyl (C=O) groups excluding carboxylic acids is 4. The highest BCUT2D eigenvalue weighted by molar-refractivity contribution is 9.10. The normalized spacial score (nSPS) is 14.4. The summed E-state index contributed by atoms with van der Waals surface area (Å²) < 4.78 is 14.0. The zero-order chi connectivity index (χ0) is 35.4. The van der Waals surface area contributed by atoms with E-state index in [2.05, 4.69) is 31.9 Å². The van der Waals surface area contributed by atoms with Crippen LogP contribution in [0.4, 0.5) is 11.4 Å². The van der Waals surface area contributed by atoms with Crippen molar-refractivity contribution in [3.63, 3.8) is 0 Å². The van der Waals surface area contributed by atoms with E-state index in [0.29, 0.717) is 33.6 Å². The van der Waals surface area contributed by atoms with Crippen molar-refractivity contribution in [3.05, 3.63) is 127 Å². The summed E-state index contributed by atoms with van der Waals surface area (Å²) in [5.41, 5.74) is 4.56. The summed E-state index contributed by atoms with van der Waals surface area (Å²) in [5.74, 6) is -1.48. The van der Waals surface area contributed by atoms with Gasteiger partial charge >= 0.3 is 0 Å². The number of ether oxygens (including phenoxy) is 2. The van der Waals surface area contributed by atoms with Gasteiger partial charge < -0.3 is 9.47 Å². The molecule has 2 heterocycles. The lowest BCUT2D eigenvalue weighted by atomic mass is 10.1. The van der Waals surface area contributed by atoms with Crippen LogP contribution in [0.3, 0.4) is 0 Å². The van der Waals surface area contributed by atoms with Crippen LogP contribution in [0, 0.1) is 13.8 Å². The molecule has 0 spiro atoms. The molecule has 2 aliphatic heterocycles. The van der Waals surface area contributed by atoms with Gasteiger partial charge in [0.25, 0.3) is 34.1 Å². The standard InChI is InChI=1S/C36H28Br2N4O6S2/c1-21-19-23(37)11-13-29(21)39-35(47-17-15-41-31(43)25-7-3-4-8-26(25)32(41)44)49-50-36(40-30-14-12-24(38)20-22(30)2)48-18-16-42-33(45)27-9-5-6-10-28(27)34(42)46/h3-14,19-20H,15-18H2,1-2H3. The number of hydrogen-bond donors (Lipinski definition) is 0. The number of amides is 4. The monoisotopic (exact) mass is 834 g/mol. The summed E-state index contributed by atoms with van der Waals surface area (Å²) in [6.45, 7) is 3.86. The minimum atomic E-state index is -0.371. The van der Waals surface area contributed by atoms with Crippen molar-refractivity contribution < 1.29 is 28.7 Å². The maximum atomic E-state index is 12.9. The number of nitrogens with zero attached hydrogens (tertiary/aromatic N) is 4. The summed E-state index contributed by atoms with van der Waals surface area (Å²) in [4.78, 5) is 63.5. The van der Waals surface area contributed by atoms with E-state index in [1.807, 2.05) is 50.2 Å². The van der Waals surface area contributed by atoms with E-state index in [1.165, 1.54) is 0 Å². The van der Waals surface area contributed by atoms with Gasteiger partial charge in [0.2, 0.25) is 0 Å². The Morgan fingerprint density at radius 1 is 0.580 bits per heavy atom. The number of aryl methyl sites for hydroxylation is 2. The SMILES string of the molecule is Cc1cc(Br)ccc1N=C(OCCN1C(=O)c2ccccc2C1=O)SSC(=Nc1ccc(Br)cc1C)OCCN1C(=O)c2ccccc2C1=O. The Bertz CT molecular complexity index is 1870. The van der Waals surface area contributed by atoms with E-state index in [0.717, 1.165) is 51.5 Å². The molecule has 50 heavy (non-hydrogen) atoms. The van der Waals surface area contributed by atoms with Crippen LogP contribution in [0.15, 0.2) is 104 Å². The minimum Gasteiger partial charge on any atom is -0.470 e. The van der Waals surface area contributed by atoms with Gasteiger partial charge in [-0.3, -0.25) is 29.0 Å². The van der Waals surface area contributed by atoms with Crippen LogP contribution in [-0.2, 0) is 9.47 Å². The number of rotatable bonds is 8. The third-order valence-corrected chi connectivity index (χ3v) is 10.6. The molecule has 4 amide bonds. The van der Waals surface area contributed by atoms with E-state index in [-0.39, 0.29) is 60.4 Å². The van der Waals surface area contributed by atoms with Crippen molar-refractivity contribution in [1.82, 2.24) is 9.80 Å². The van der Waals surface area contributed by atoms with Gasteiger partial charge in [0.15, 0.2) is 0 Å². The van der Waals surface area contributed by atoms with Crippen LogP contribution >= 0.6 is 53.4 Å². The van der Waals surface area contributed by atoms with Gasteiger partial charge in [-0.25, -0.2) is 9.98 Å². The molecule has 0 N–H and O–H groups in total. The van der Waals surface area contributed by atoms with Crippen molar-refractivity contribution >= 4 is 98.9 Å². The van der Waals surface area contributed by atoms with Crippen molar-refractivity contribution in [2.45, 2.75) is 13.8 Å². The number of imide groups is 2. The van der Waals surface area contributed by atoms with Crippen LogP contribution in [0.2, 0.25) is 0 Å². The first-order valence-corrected chi connectivity index (χ1v) is 19.0. The molecule has 254 valence electrons. The zero-order valence-corrected chi connectivity index (χ0v) is 31.5. The Kier molecular flexibility index (Phi) is 11.2. The van der Waals surface area contributed by atoms with Gasteiger partial charge in [0, 0.05) is 30.5 Å². The number of aliphatic imine (C=N–C) groups is 2. The maximum Gasteiger partial charge on any atom is 0.262 e. The average molecular weight is 837 g/mol. The summed E-state index contributed by atoms with van der Waals surface area (Å²) in [5, 5.41) is 0.474. The topological polar surface area (TPSA) is 118 Å². The Morgan fingerprint density at radius 3 is 1.24 bits per heavy atom. The zero-order valence-electron chi connectivity index (χ0n) is 26.7. The third-order valence-electron chi connectivity index (χ3n) is 7.76. The maximum absolute atomic E-state index is 12.9. The Hall–Kier alpha value is -4.24. The Morgan fingerprint density at radius 2 is 0.920 bits per heavy atom. The van der Waals surface area contributed by atoms with E-state index in [1.54, 1.807) is 48.5 Å². The number of benzene rings is 4. The Balaban J connectivity index is 1.19. The fourth-order valence-electron chi connectivity index (χ4n) is 5.24. The van der Waals surface area contributed by atoms with Crippen LogP contribution in [0.5, 0.6) is 0 Å². The minimum absolute atomic E-state index is 0.00761. The molecular weight excluding hydrogens is 808 g/mol. The van der Waals surface area contributed by atoms with Gasteiger partial charge in [0.05, 0.1) is 46.7 Å². The molecule has 0 fully saturated rings. The number of hydrogen-bond acceptors (Lipinski definition) is 10. The molecule has 4 aromatic rings. The first-order valence-electron chi connectivity index (χ1n) is 15.3. The van der Waals surface area contributed by atoms with Gasteiger partial charge in [-0.1, -0.05) is 56.1 Å². The summed E-state index contributed by atoms with van der Waals surface area (Å²) >= 11 is 6.96. The molecule has 0 bridgehead atoms. The molecule has 0 radical (unpaired) electrons. The first-order chi connectivity index (χ1) is 24.1. The largest absolute Gasteiger partial charge is 0.470 e. The highest BCUT2D eigenvalue weighted by Gasteiger charge is 2.36. The molecule has 14 heteroatoms. The molecule has 0 atom stereocenters. The molecule has 6 rings (SSSR count). The predicted molar refractivity (Wildman–Crippen MR) is 203 cm³/mol. The van der Waals surface area contributed by atoms with E-state index in [4.69, 9.17) is 19.5 Å². The van der Waals surface area contributed by atoms with Gasteiger partial charge in [-0.05, 0) is 85.6 Å². The van der Waals surface area contributed by atoms with Crippen molar-refractivity contribution in [1.29, 1.82) is 0 Å². The number of fused-ring (bicyclic) bond motifs is 2. The number of halogens is 2. The second kappa shape index (κ2) is 15.8. The smallest absolute Gasteiger partial charge is 0.262 e. The molecule has 0 saturated carbocycles. The van der Waals surface area contributed by atoms with Crippen LogP contribution in [0.25, 0.3) is 0 Å².